The summed E-state index contributed by atoms with van der Waals surface area (Å²) in [5.74, 6) is 1.23. The summed E-state index contributed by atoms with van der Waals surface area (Å²) in [5, 5.41) is 20.0. The lowest BCUT2D eigenvalue weighted by atomic mass is 9.77. The zero-order valence-electron chi connectivity index (χ0n) is 33.6. The molecule has 0 unspecified atom stereocenters. The first-order chi connectivity index (χ1) is 26.6. The summed E-state index contributed by atoms with van der Waals surface area (Å²) < 4.78 is 32.7. The summed E-state index contributed by atoms with van der Waals surface area (Å²) >= 11 is 0. The normalized spacial score (nSPS) is 15.8. The lowest BCUT2D eigenvalue weighted by molar-refractivity contribution is -0.139. The number of halogens is 1. The monoisotopic (exact) mass is 758 g/mol. The van der Waals surface area contributed by atoms with Gasteiger partial charge >= 0.3 is 5.97 Å². The van der Waals surface area contributed by atoms with Crippen LogP contribution in [0.25, 0.3) is 22.3 Å². The highest BCUT2D eigenvalue weighted by Gasteiger charge is 2.26. The predicted molar refractivity (Wildman–Crippen MR) is 218 cm³/mol. The Morgan fingerprint density at radius 3 is 2.13 bits per heavy atom. The molecule has 1 aliphatic carbocycles. The van der Waals surface area contributed by atoms with Crippen LogP contribution >= 0.6 is 0 Å². The van der Waals surface area contributed by atoms with Gasteiger partial charge in [0, 0.05) is 16.6 Å². The van der Waals surface area contributed by atoms with Crippen molar-refractivity contribution in [2.45, 2.75) is 117 Å². The predicted octanol–water partition coefficient (Wildman–Crippen LogP) is 10.1. The van der Waals surface area contributed by atoms with Gasteiger partial charge in [0.25, 0.3) is 6.47 Å². The summed E-state index contributed by atoms with van der Waals surface area (Å²) in [5.41, 5.74) is 6.83. The van der Waals surface area contributed by atoms with E-state index < -0.39 is 11.4 Å². The van der Waals surface area contributed by atoms with Crippen LogP contribution in [0.2, 0.25) is 0 Å². The van der Waals surface area contributed by atoms with E-state index in [9.17, 15) is 19.8 Å². The number of aryl methyl sites for hydroxylation is 3. The number of hydrogen-bond acceptors (Lipinski definition) is 7. The number of aliphatic hydroxyl groups excluding tert-OH is 2. The van der Waals surface area contributed by atoms with Gasteiger partial charge in [-0.3, -0.25) is 4.79 Å². The first kappa shape index (κ1) is 43.7. The Kier molecular flexibility index (Phi) is 17.4. The van der Waals surface area contributed by atoms with Crippen molar-refractivity contribution in [3.8, 4) is 28.0 Å². The first-order valence-electron chi connectivity index (χ1n) is 20.4. The van der Waals surface area contributed by atoms with Crippen molar-refractivity contribution in [2.75, 3.05) is 33.0 Å². The number of aliphatic hydroxyl groups is 2. The standard InChI is InChI=1S/C47H63FO7/c1-6-8-9-12-34-15-17-36(18-16-34)37-19-22-43(44(48)28-37)38-20-21-42(35(7-2)25-38)41-26-39(13-10-23-53-32-51)45(55-31-47(5,29-49)30-50)40(27-41)14-11-24-54-46(52)33(3)4/h19-22,25-28,32,34,36,49-50H,3,6-18,23-24,29-31H2,1-2,4-5H3. The maximum absolute atomic E-state index is 15.9. The third kappa shape index (κ3) is 12.5. The Morgan fingerprint density at radius 1 is 0.873 bits per heavy atom. The molecule has 1 saturated carbocycles. The fraction of sp³-hybridized carbons (Fsp3) is 0.532. The molecule has 8 heteroatoms. The van der Waals surface area contributed by atoms with Crippen molar-refractivity contribution in [1.82, 2.24) is 0 Å². The number of esters is 1. The van der Waals surface area contributed by atoms with Crippen LogP contribution in [0.4, 0.5) is 4.39 Å². The van der Waals surface area contributed by atoms with Gasteiger partial charge < -0.3 is 24.4 Å². The van der Waals surface area contributed by atoms with Gasteiger partial charge in [0.2, 0.25) is 0 Å². The van der Waals surface area contributed by atoms with Gasteiger partial charge in [-0.05, 0) is 134 Å². The van der Waals surface area contributed by atoms with Gasteiger partial charge in [-0.25, -0.2) is 9.18 Å². The van der Waals surface area contributed by atoms with Gasteiger partial charge in [0.15, 0.2) is 0 Å². The number of hydrogen-bond donors (Lipinski definition) is 2. The second-order valence-electron chi connectivity index (χ2n) is 15.8. The number of carbonyl (C=O) groups excluding carboxylic acids is 2. The molecular formula is C47H63FO7. The van der Waals surface area contributed by atoms with Gasteiger partial charge in [-0.1, -0.05) is 83.4 Å². The third-order valence-corrected chi connectivity index (χ3v) is 11.2. The Hall–Kier alpha value is -4.01. The largest absolute Gasteiger partial charge is 0.492 e. The van der Waals surface area contributed by atoms with E-state index in [2.05, 4.69) is 50.8 Å². The average molecular weight is 759 g/mol. The summed E-state index contributed by atoms with van der Waals surface area (Å²) in [6.07, 6.45) is 12.8. The minimum atomic E-state index is -0.864. The number of benzene rings is 3. The Balaban J connectivity index is 1.65. The molecule has 1 aliphatic rings. The molecule has 0 atom stereocenters. The fourth-order valence-electron chi connectivity index (χ4n) is 7.62. The first-order valence-corrected chi connectivity index (χ1v) is 20.4. The molecule has 0 aliphatic heterocycles. The van der Waals surface area contributed by atoms with Crippen molar-refractivity contribution in [2.24, 2.45) is 11.3 Å². The minimum absolute atomic E-state index is 0.0778. The van der Waals surface area contributed by atoms with E-state index in [1.807, 2.05) is 12.1 Å². The van der Waals surface area contributed by atoms with E-state index in [-0.39, 0.29) is 38.9 Å². The molecule has 7 nitrogen and oxygen atoms in total. The lowest BCUT2D eigenvalue weighted by Gasteiger charge is -2.29. The second-order valence-corrected chi connectivity index (χ2v) is 15.8. The molecule has 55 heavy (non-hydrogen) atoms. The minimum Gasteiger partial charge on any atom is -0.492 e. The van der Waals surface area contributed by atoms with Crippen LogP contribution in [0.3, 0.4) is 0 Å². The molecule has 0 spiro atoms. The zero-order chi connectivity index (χ0) is 39.8. The topological polar surface area (TPSA) is 102 Å². The van der Waals surface area contributed by atoms with Crippen LogP contribution in [0.15, 0.2) is 60.7 Å². The molecule has 3 aromatic carbocycles. The summed E-state index contributed by atoms with van der Waals surface area (Å²) in [6, 6.07) is 16.1. The lowest BCUT2D eigenvalue weighted by Crippen LogP contribution is -2.33. The SMILES string of the molecule is C=C(C)C(=O)OCCCc1cc(-c2ccc(-c3ccc(C4CCC(CCCCC)CC4)cc3F)cc2CC)cc(CCCOC=O)c1OCC(C)(CO)CO. The molecule has 2 N–H and O–H groups in total. The quantitative estimate of drug-likeness (QED) is 0.0430. The fourth-order valence-corrected chi connectivity index (χ4v) is 7.62. The second kappa shape index (κ2) is 21.9. The highest BCUT2D eigenvalue weighted by Crippen LogP contribution is 2.40. The van der Waals surface area contributed by atoms with Crippen LogP contribution < -0.4 is 4.74 Å². The van der Waals surface area contributed by atoms with Crippen LogP contribution in [0.5, 0.6) is 5.75 Å². The molecule has 0 bridgehead atoms. The third-order valence-electron chi connectivity index (χ3n) is 11.2. The van der Waals surface area contributed by atoms with E-state index in [1.54, 1.807) is 19.9 Å². The van der Waals surface area contributed by atoms with Crippen LogP contribution in [-0.2, 0) is 38.3 Å². The van der Waals surface area contributed by atoms with Gasteiger partial charge in [-0.15, -0.1) is 0 Å². The van der Waals surface area contributed by atoms with E-state index in [0.29, 0.717) is 55.0 Å². The molecule has 0 heterocycles. The van der Waals surface area contributed by atoms with Crippen molar-refractivity contribution >= 4 is 12.4 Å². The Bertz CT molecular complexity index is 1700. The van der Waals surface area contributed by atoms with Crippen molar-refractivity contribution in [3.05, 3.63) is 88.8 Å². The smallest absolute Gasteiger partial charge is 0.333 e. The molecular weight excluding hydrogens is 696 g/mol. The van der Waals surface area contributed by atoms with Crippen molar-refractivity contribution in [1.29, 1.82) is 0 Å². The molecule has 0 aromatic heterocycles. The van der Waals surface area contributed by atoms with Crippen LogP contribution in [0, 0.1) is 17.2 Å². The van der Waals surface area contributed by atoms with Gasteiger partial charge in [0.1, 0.15) is 11.6 Å². The molecule has 300 valence electrons. The molecule has 0 amide bonds. The highest BCUT2D eigenvalue weighted by molar-refractivity contribution is 5.86. The van der Waals surface area contributed by atoms with Gasteiger partial charge in [0.05, 0.1) is 33.0 Å². The van der Waals surface area contributed by atoms with Crippen molar-refractivity contribution < 1.29 is 38.4 Å². The summed E-state index contributed by atoms with van der Waals surface area (Å²) in [4.78, 5) is 23.0. The van der Waals surface area contributed by atoms with Crippen molar-refractivity contribution in [3.63, 3.8) is 0 Å². The maximum atomic E-state index is 15.9. The molecule has 1 fully saturated rings. The number of unbranched alkanes of at least 4 members (excludes halogenated alkanes) is 2. The maximum Gasteiger partial charge on any atom is 0.333 e. The Morgan fingerprint density at radius 2 is 1.53 bits per heavy atom. The molecule has 4 rings (SSSR count). The summed E-state index contributed by atoms with van der Waals surface area (Å²) in [6.45, 7) is 11.8. The van der Waals surface area contributed by atoms with Crippen LogP contribution in [0.1, 0.15) is 120 Å². The Labute approximate surface area is 328 Å². The van der Waals surface area contributed by atoms with E-state index >= 15 is 4.39 Å². The average Bonchev–Trinajstić information content (AvgIpc) is 3.20. The zero-order valence-corrected chi connectivity index (χ0v) is 33.6. The van der Waals surface area contributed by atoms with Gasteiger partial charge in [-0.2, -0.15) is 0 Å². The van der Waals surface area contributed by atoms with E-state index in [4.69, 9.17) is 14.2 Å². The molecule has 0 saturated heterocycles. The highest BCUT2D eigenvalue weighted by atomic mass is 19.1. The molecule has 3 aromatic rings. The van der Waals surface area contributed by atoms with Crippen LogP contribution in [-0.4, -0.2) is 55.7 Å². The van der Waals surface area contributed by atoms with E-state index in [1.165, 1.54) is 38.5 Å². The molecule has 0 radical (unpaired) electrons. The van der Waals surface area contributed by atoms with E-state index in [0.717, 1.165) is 64.1 Å². The number of rotatable bonds is 23. The number of ether oxygens (including phenoxy) is 3. The summed E-state index contributed by atoms with van der Waals surface area (Å²) in [7, 11) is 0. The number of carbonyl (C=O) groups is 2.